The van der Waals surface area contributed by atoms with Crippen LogP contribution >= 0.6 is 12.4 Å². The predicted molar refractivity (Wildman–Crippen MR) is 81.8 cm³/mol. The van der Waals surface area contributed by atoms with E-state index < -0.39 is 9.84 Å². The zero-order chi connectivity index (χ0) is 13.0. The predicted octanol–water partition coefficient (Wildman–Crippen LogP) is 1.31. The molecular formula is C13H27ClN2O2S. The molecule has 4 nitrogen and oxygen atoms in total. The molecule has 2 heterocycles. The number of nitrogens with zero attached hydrogens (tertiary/aromatic N) is 1. The van der Waals surface area contributed by atoms with Crippen LogP contribution in [-0.4, -0.2) is 57.0 Å². The number of hydrogen-bond acceptors (Lipinski definition) is 4. The van der Waals surface area contributed by atoms with Gasteiger partial charge >= 0.3 is 0 Å². The van der Waals surface area contributed by atoms with E-state index in [1.807, 2.05) is 0 Å². The maximum absolute atomic E-state index is 11.8. The highest BCUT2D eigenvalue weighted by atomic mass is 35.5. The lowest BCUT2D eigenvalue weighted by molar-refractivity contribution is 0.181. The second-order valence-corrected chi connectivity index (χ2v) is 8.23. The average Bonchev–Trinajstić information content (AvgIpc) is 2.40. The fourth-order valence-electron chi connectivity index (χ4n) is 3.13. The van der Waals surface area contributed by atoms with Crippen LogP contribution in [0.5, 0.6) is 0 Å². The van der Waals surface area contributed by atoms with E-state index in [0.29, 0.717) is 5.75 Å². The molecule has 0 aromatic rings. The van der Waals surface area contributed by atoms with Crippen molar-refractivity contribution in [3.05, 3.63) is 0 Å². The standard InChI is InChI=1S/C13H26N2O2S.ClH/c1-2-18(16,17)13-5-8-15(9-6-13)11-12-4-3-7-14-10-12;/h12-14H,2-11H2,1H3;1H. The van der Waals surface area contributed by atoms with E-state index in [1.54, 1.807) is 6.92 Å². The van der Waals surface area contributed by atoms with Crippen molar-refractivity contribution >= 4 is 22.2 Å². The lowest BCUT2D eigenvalue weighted by Crippen LogP contribution is -2.44. The second-order valence-electron chi connectivity index (χ2n) is 5.66. The third-order valence-corrected chi connectivity index (χ3v) is 6.65. The fraction of sp³-hybridized carbons (Fsp3) is 1.00. The molecule has 1 atom stereocenters. The first kappa shape index (κ1) is 17.2. The summed E-state index contributed by atoms with van der Waals surface area (Å²) >= 11 is 0. The molecule has 2 fully saturated rings. The molecular weight excluding hydrogens is 284 g/mol. The van der Waals surface area contributed by atoms with Crippen molar-refractivity contribution in [2.24, 2.45) is 5.92 Å². The van der Waals surface area contributed by atoms with Gasteiger partial charge in [-0.2, -0.15) is 0 Å². The van der Waals surface area contributed by atoms with Crippen LogP contribution < -0.4 is 5.32 Å². The van der Waals surface area contributed by atoms with Gasteiger partial charge in [0, 0.05) is 12.3 Å². The van der Waals surface area contributed by atoms with Gasteiger partial charge in [-0.1, -0.05) is 6.92 Å². The second kappa shape index (κ2) is 7.81. The van der Waals surface area contributed by atoms with Crippen molar-refractivity contribution in [1.29, 1.82) is 0 Å². The van der Waals surface area contributed by atoms with Crippen LogP contribution in [0.15, 0.2) is 0 Å². The molecule has 0 saturated carbocycles. The molecule has 1 unspecified atom stereocenters. The van der Waals surface area contributed by atoms with Crippen molar-refractivity contribution in [2.45, 2.75) is 37.9 Å². The van der Waals surface area contributed by atoms with Gasteiger partial charge in [-0.15, -0.1) is 12.4 Å². The molecule has 114 valence electrons. The summed E-state index contributed by atoms with van der Waals surface area (Å²) < 4.78 is 23.6. The molecule has 6 heteroatoms. The Bertz CT molecular complexity index is 348. The van der Waals surface area contributed by atoms with Gasteiger partial charge in [0.15, 0.2) is 9.84 Å². The fourth-order valence-corrected chi connectivity index (χ4v) is 4.53. The number of likely N-dealkylation sites (tertiary alicyclic amines) is 1. The molecule has 2 aliphatic heterocycles. The summed E-state index contributed by atoms with van der Waals surface area (Å²) in [4.78, 5) is 2.46. The Morgan fingerprint density at radius 2 is 1.89 bits per heavy atom. The highest BCUT2D eigenvalue weighted by molar-refractivity contribution is 7.92. The average molecular weight is 311 g/mol. The first-order valence-corrected chi connectivity index (χ1v) is 8.98. The molecule has 0 aromatic heterocycles. The van der Waals surface area contributed by atoms with E-state index in [0.717, 1.165) is 51.5 Å². The van der Waals surface area contributed by atoms with E-state index in [2.05, 4.69) is 10.2 Å². The number of piperidine rings is 2. The van der Waals surface area contributed by atoms with Crippen molar-refractivity contribution in [2.75, 3.05) is 38.5 Å². The van der Waals surface area contributed by atoms with E-state index in [-0.39, 0.29) is 17.7 Å². The molecule has 2 rings (SSSR count). The molecule has 2 aliphatic rings. The van der Waals surface area contributed by atoms with E-state index in [1.165, 1.54) is 12.8 Å². The third-order valence-electron chi connectivity index (χ3n) is 4.36. The third kappa shape index (κ3) is 4.88. The molecule has 2 saturated heterocycles. The molecule has 0 amide bonds. The van der Waals surface area contributed by atoms with Crippen molar-refractivity contribution in [1.82, 2.24) is 10.2 Å². The van der Waals surface area contributed by atoms with E-state index in [4.69, 9.17) is 0 Å². The number of nitrogens with one attached hydrogen (secondary N) is 1. The van der Waals surface area contributed by atoms with Gasteiger partial charge < -0.3 is 10.2 Å². The molecule has 0 aliphatic carbocycles. The number of hydrogen-bond donors (Lipinski definition) is 1. The summed E-state index contributed by atoms with van der Waals surface area (Å²) in [6, 6.07) is 0. The van der Waals surface area contributed by atoms with Crippen LogP contribution in [0.4, 0.5) is 0 Å². The van der Waals surface area contributed by atoms with Crippen LogP contribution in [0, 0.1) is 5.92 Å². The molecule has 0 radical (unpaired) electrons. The Morgan fingerprint density at radius 1 is 1.21 bits per heavy atom. The van der Waals surface area contributed by atoms with Crippen LogP contribution in [0.25, 0.3) is 0 Å². The Labute approximate surface area is 123 Å². The number of rotatable bonds is 4. The first-order chi connectivity index (χ1) is 8.62. The summed E-state index contributed by atoms with van der Waals surface area (Å²) in [5, 5.41) is 3.36. The van der Waals surface area contributed by atoms with Gasteiger partial charge in [0.1, 0.15) is 0 Å². The van der Waals surface area contributed by atoms with Crippen molar-refractivity contribution < 1.29 is 8.42 Å². The topological polar surface area (TPSA) is 49.4 Å². The minimum Gasteiger partial charge on any atom is -0.316 e. The van der Waals surface area contributed by atoms with Gasteiger partial charge in [-0.25, -0.2) is 8.42 Å². The van der Waals surface area contributed by atoms with Gasteiger partial charge in [-0.05, 0) is 57.8 Å². The number of sulfone groups is 1. The molecule has 0 spiro atoms. The molecule has 1 N–H and O–H groups in total. The SMILES string of the molecule is CCS(=O)(=O)C1CCN(CC2CCCNC2)CC1.Cl. The summed E-state index contributed by atoms with van der Waals surface area (Å²) in [5.74, 6) is 1.06. The lowest BCUT2D eigenvalue weighted by atomic mass is 9.98. The van der Waals surface area contributed by atoms with Crippen molar-refractivity contribution in [3.8, 4) is 0 Å². The molecule has 0 aromatic carbocycles. The smallest absolute Gasteiger partial charge is 0.152 e. The molecule has 0 bridgehead atoms. The van der Waals surface area contributed by atoms with Crippen LogP contribution in [0.3, 0.4) is 0 Å². The van der Waals surface area contributed by atoms with Crippen LogP contribution in [-0.2, 0) is 9.84 Å². The number of halogens is 1. The minimum atomic E-state index is -2.82. The van der Waals surface area contributed by atoms with Crippen molar-refractivity contribution in [3.63, 3.8) is 0 Å². The maximum atomic E-state index is 11.8. The zero-order valence-electron chi connectivity index (χ0n) is 11.8. The molecule has 19 heavy (non-hydrogen) atoms. The summed E-state index contributed by atoms with van der Waals surface area (Å²) in [7, 11) is -2.82. The monoisotopic (exact) mass is 310 g/mol. The highest BCUT2D eigenvalue weighted by Gasteiger charge is 2.29. The normalized spacial score (nSPS) is 26.9. The van der Waals surface area contributed by atoms with Gasteiger partial charge in [-0.3, -0.25) is 0 Å². The summed E-state index contributed by atoms with van der Waals surface area (Å²) in [6.45, 7) is 7.11. The minimum absolute atomic E-state index is 0. The Kier molecular flexibility index (Phi) is 7.08. The first-order valence-electron chi connectivity index (χ1n) is 7.26. The maximum Gasteiger partial charge on any atom is 0.152 e. The Balaban J connectivity index is 0.00000180. The zero-order valence-corrected chi connectivity index (χ0v) is 13.4. The Hall–Kier alpha value is 0.160. The Morgan fingerprint density at radius 3 is 2.42 bits per heavy atom. The summed E-state index contributed by atoms with van der Waals surface area (Å²) in [5.41, 5.74) is 0. The van der Waals surface area contributed by atoms with E-state index in [9.17, 15) is 8.42 Å². The quantitative estimate of drug-likeness (QED) is 0.850. The highest BCUT2D eigenvalue weighted by Crippen LogP contribution is 2.20. The largest absolute Gasteiger partial charge is 0.316 e. The van der Waals surface area contributed by atoms with Crippen LogP contribution in [0.1, 0.15) is 32.6 Å². The summed E-state index contributed by atoms with van der Waals surface area (Å²) in [6.07, 6.45) is 4.26. The lowest BCUT2D eigenvalue weighted by Gasteiger charge is -2.35. The van der Waals surface area contributed by atoms with Gasteiger partial charge in [0.25, 0.3) is 0 Å². The van der Waals surface area contributed by atoms with Gasteiger partial charge in [0.2, 0.25) is 0 Å². The van der Waals surface area contributed by atoms with Gasteiger partial charge in [0.05, 0.1) is 5.25 Å². The van der Waals surface area contributed by atoms with E-state index >= 15 is 0 Å². The van der Waals surface area contributed by atoms with Crippen LogP contribution in [0.2, 0.25) is 0 Å².